The fraction of sp³-hybridized carbons (Fsp3) is 0.278. The maximum absolute atomic E-state index is 13.1. The molecule has 24 heavy (non-hydrogen) atoms. The second-order valence-corrected chi connectivity index (χ2v) is 6.52. The van der Waals surface area contributed by atoms with E-state index >= 15 is 0 Å². The molecule has 6 heteroatoms. The second kappa shape index (κ2) is 7.13. The molecule has 0 saturated carbocycles. The van der Waals surface area contributed by atoms with Crippen molar-refractivity contribution in [3.63, 3.8) is 0 Å². The first kappa shape index (κ1) is 16.6. The van der Waals surface area contributed by atoms with Crippen LogP contribution < -0.4 is 9.47 Å². The highest BCUT2D eigenvalue weighted by Crippen LogP contribution is 2.43. The summed E-state index contributed by atoms with van der Waals surface area (Å²) in [4.78, 5) is 14.6. The van der Waals surface area contributed by atoms with Crippen molar-refractivity contribution in [2.24, 2.45) is 0 Å². The molecular formula is C18H18FNO3S. The van der Waals surface area contributed by atoms with Crippen molar-refractivity contribution in [2.75, 3.05) is 26.5 Å². The predicted octanol–water partition coefficient (Wildman–Crippen LogP) is 3.73. The van der Waals surface area contributed by atoms with Crippen LogP contribution in [0.15, 0.2) is 42.5 Å². The molecule has 4 nitrogen and oxygen atoms in total. The van der Waals surface area contributed by atoms with Gasteiger partial charge in [-0.3, -0.25) is 4.79 Å². The summed E-state index contributed by atoms with van der Waals surface area (Å²) in [6.07, 6.45) is 0. The van der Waals surface area contributed by atoms with E-state index in [9.17, 15) is 9.18 Å². The molecular weight excluding hydrogens is 329 g/mol. The number of carbonyl (C=O) groups excluding carboxylic acids is 1. The fourth-order valence-electron chi connectivity index (χ4n) is 2.72. The summed E-state index contributed by atoms with van der Waals surface area (Å²) in [7, 11) is 3.20. The Morgan fingerprint density at radius 3 is 2.58 bits per heavy atom. The highest BCUT2D eigenvalue weighted by Gasteiger charge is 2.33. The minimum absolute atomic E-state index is 0.108. The van der Waals surface area contributed by atoms with Crippen LogP contribution >= 0.6 is 11.8 Å². The van der Waals surface area contributed by atoms with Crippen molar-refractivity contribution in [1.82, 2.24) is 4.90 Å². The van der Waals surface area contributed by atoms with Crippen molar-refractivity contribution in [1.29, 1.82) is 0 Å². The Labute approximate surface area is 144 Å². The summed E-state index contributed by atoms with van der Waals surface area (Å²) in [6, 6.07) is 11.2. The molecule has 0 N–H and O–H groups in total. The normalized spacial score (nSPS) is 17.0. The maximum atomic E-state index is 13.1. The van der Waals surface area contributed by atoms with Crippen LogP contribution in [-0.2, 0) is 0 Å². The monoisotopic (exact) mass is 347 g/mol. The molecule has 0 bridgehead atoms. The van der Waals surface area contributed by atoms with Gasteiger partial charge >= 0.3 is 0 Å². The summed E-state index contributed by atoms with van der Waals surface area (Å²) >= 11 is 1.68. The number of hydrogen-bond acceptors (Lipinski definition) is 4. The zero-order valence-electron chi connectivity index (χ0n) is 13.5. The molecule has 1 aliphatic heterocycles. The molecule has 1 heterocycles. The molecule has 2 aromatic carbocycles. The first-order valence-electron chi connectivity index (χ1n) is 7.54. The molecule has 1 atom stereocenters. The topological polar surface area (TPSA) is 38.8 Å². The highest BCUT2D eigenvalue weighted by atomic mass is 32.2. The van der Waals surface area contributed by atoms with Crippen LogP contribution in [-0.4, -0.2) is 37.3 Å². The summed E-state index contributed by atoms with van der Waals surface area (Å²) in [6.45, 7) is 0.640. The third-order valence-corrected chi connectivity index (χ3v) is 5.19. The van der Waals surface area contributed by atoms with Crippen LogP contribution in [0, 0.1) is 5.82 Å². The minimum atomic E-state index is -0.351. The van der Waals surface area contributed by atoms with E-state index in [4.69, 9.17) is 9.47 Å². The number of hydrogen-bond donors (Lipinski definition) is 0. The third kappa shape index (κ3) is 3.19. The van der Waals surface area contributed by atoms with Gasteiger partial charge in [-0.05, 0) is 36.4 Å². The Bertz CT molecular complexity index is 736. The molecule has 1 aliphatic rings. The van der Waals surface area contributed by atoms with Gasteiger partial charge in [-0.25, -0.2) is 4.39 Å². The van der Waals surface area contributed by atoms with E-state index in [-0.39, 0.29) is 17.1 Å². The lowest BCUT2D eigenvalue weighted by molar-refractivity contribution is 0.0759. The molecule has 2 aromatic rings. The SMILES string of the molecule is COc1ccc([C@H]2SCCN2C(=O)c2ccc(F)cc2)c(OC)c1. The van der Waals surface area contributed by atoms with E-state index in [1.54, 1.807) is 30.9 Å². The van der Waals surface area contributed by atoms with Gasteiger partial charge in [-0.15, -0.1) is 11.8 Å². The Kier molecular flexibility index (Phi) is 4.94. The first-order valence-corrected chi connectivity index (χ1v) is 8.59. The van der Waals surface area contributed by atoms with Crippen molar-refractivity contribution < 1.29 is 18.7 Å². The number of methoxy groups -OCH3 is 2. The molecule has 0 unspecified atom stereocenters. The number of rotatable bonds is 4. The highest BCUT2D eigenvalue weighted by molar-refractivity contribution is 7.99. The lowest BCUT2D eigenvalue weighted by Crippen LogP contribution is -2.30. The van der Waals surface area contributed by atoms with Crippen molar-refractivity contribution in [3.05, 3.63) is 59.4 Å². The predicted molar refractivity (Wildman–Crippen MR) is 92.2 cm³/mol. The van der Waals surface area contributed by atoms with E-state index in [0.717, 1.165) is 11.3 Å². The van der Waals surface area contributed by atoms with Gasteiger partial charge in [-0.1, -0.05) is 0 Å². The van der Waals surface area contributed by atoms with E-state index in [0.29, 0.717) is 23.6 Å². The standard InChI is InChI=1S/C18H18FNO3S/c1-22-14-7-8-15(16(11-14)23-2)18-20(9-10-24-18)17(21)12-3-5-13(19)6-4-12/h3-8,11,18H,9-10H2,1-2H3/t18-/m1/s1. The van der Waals surface area contributed by atoms with Crippen LogP contribution in [0.25, 0.3) is 0 Å². The van der Waals surface area contributed by atoms with E-state index in [1.165, 1.54) is 24.3 Å². The average Bonchev–Trinajstić information content (AvgIpc) is 3.10. The van der Waals surface area contributed by atoms with E-state index in [1.807, 2.05) is 18.2 Å². The van der Waals surface area contributed by atoms with Crippen LogP contribution in [0.5, 0.6) is 11.5 Å². The smallest absolute Gasteiger partial charge is 0.255 e. The van der Waals surface area contributed by atoms with Crippen molar-refractivity contribution in [3.8, 4) is 11.5 Å². The molecule has 126 valence electrons. The fourth-order valence-corrected chi connectivity index (χ4v) is 4.00. The molecule has 1 amide bonds. The van der Waals surface area contributed by atoms with Crippen LogP contribution in [0.1, 0.15) is 21.3 Å². The number of benzene rings is 2. The number of carbonyl (C=O) groups is 1. The summed E-state index contributed by atoms with van der Waals surface area (Å²) in [5.41, 5.74) is 1.41. The van der Waals surface area contributed by atoms with Gasteiger partial charge < -0.3 is 14.4 Å². The third-order valence-electron chi connectivity index (χ3n) is 3.95. The lowest BCUT2D eigenvalue weighted by Gasteiger charge is -2.25. The van der Waals surface area contributed by atoms with Crippen LogP contribution in [0.4, 0.5) is 4.39 Å². The van der Waals surface area contributed by atoms with E-state index < -0.39 is 0 Å². The average molecular weight is 347 g/mol. The van der Waals surface area contributed by atoms with Gasteiger partial charge in [-0.2, -0.15) is 0 Å². The van der Waals surface area contributed by atoms with Crippen molar-refractivity contribution in [2.45, 2.75) is 5.37 Å². The van der Waals surface area contributed by atoms with Gasteiger partial charge in [0, 0.05) is 29.5 Å². The molecule has 0 radical (unpaired) electrons. The summed E-state index contributed by atoms with van der Waals surface area (Å²) < 4.78 is 23.8. The Morgan fingerprint density at radius 1 is 1.17 bits per heavy atom. The van der Waals surface area contributed by atoms with Crippen molar-refractivity contribution >= 4 is 17.7 Å². The lowest BCUT2D eigenvalue weighted by atomic mass is 10.1. The minimum Gasteiger partial charge on any atom is -0.497 e. The molecule has 0 aliphatic carbocycles. The van der Waals surface area contributed by atoms with Gasteiger partial charge in [0.25, 0.3) is 5.91 Å². The number of nitrogens with zero attached hydrogens (tertiary/aromatic N) is 1. The molecule has 1 fully saturated rings. The molecule has 0 aromatic heterocycles. The quantitative estimate of drug-likeness (QED) is 0.845. The van der Waals surface area contributed by atoms with Crippen LogP contribution in [0.3, 0.4) is 0 Å². The maximum Gasteiger partial charge on any atom is 0.255 e. The Morgan fingerprint density at radius 2 is 1.92 bits per heavy atom. The molecule has 3 rings (SSSR count). The first-order chi connectivity index (χ1) is 11.6. The zero-order valence-corrected chi connectivity index (χ0v) is 14.3. The van der Waals surface area contributed by atoms with Gasteiger partial charge in [0.15, 0.2) is 0 Å². The van der Waals surface area contributed by atoms with Gasteiger partial charge in [0.1, 0.15) is 22.7 Å². The number of ether oxygens (including phenoxy) is 2. The molecule has 0 spiro atoms. The summed E-state index contributed by atoms with van der Waals surface area (Å²) in [5, 5.41) is -0.136. The largest absolute Gasteiger partial charge is 0.497 e. The van der Waals surface area contributed by atoms with Gasteiger partial charge in [0.2, 0.25) is 0 Å². The zero-order chi connectivity index (χ0) is 17.1. The molecule has 1 saturated heterocycles. The van der Waals surface area contributed by atoms with Gasteiger partial charge in [0.05, 0.1) is 14.2 Å². The Balaban J connectivity index is 1.90. The Hall–Kier alpha value is -2.21. The van der Waals surface area contributed by atoms with E-state index in [2.05, 4.69) is 0 Å². The van der Waals surface area contributed by atoms with Crippen LogP contribution in [0.2, 0.25) is 0 Å². The number of amides is 1. The summed E-state index contributed by atoms with van der Waals surface area (Å²) in [5.74, 6) is 1.77. The number of thioether (sulfide) groups is 1. The second-order valence-electron chi connectivity index (χ2n) is 5.34. The number of halogens is 1.